The van der Waals surface area contributed by atoms with Gasteiger partial charge in [-0.3, -0.25) is 14.2 Å². The molecule has 1 N–H and O–H groups in total. The van der Waals surface area contributed by atoms with Gasteiger partial charge in [0.2, 0.25) is 0 Å². The number of carbonyl (C=O) groups excluding carboxylic acids is 1. The highest BCUT2D eigenvalue weighted by Crippen LogP contribution is 2.29. The maximum absolute atomic E-state index is 13.1. The highest BCUT2D eigenvalue weighted by atomic mass is 32.1. The Hall–Kier alpha value is -4.10. The number of nitrogens with zero attached hydrogens (tertiary/aromatic N) is 3. The molecule has 0 unspecified atom stereocenters. The third-order valence-corrected chi connectivity index (χ3v) is 6.89. The Morgan fingerprint density at radius 3 is 2.41 bits per heavy atom. The minimum atomic E-state index is -0.200. The van der Waals surface area contributed by atoms with Crippen LogP contribution in [0.2, 0.25) is 0 Å². The summed E-state index contributed by atoms with van der Waals surface area (Å²) in [6.07, 6.45) is 0. The lowest BCUT2D eigenvalue weighted by Crippen LogP contribution is -2.22. The van der Waals surface area contributed by atoms with E-state index in [-0.39, 0.29) is 11.5 Å². The first-order valence-corrected chi connectivity index (χ1v) is 11.7. The number of amides is 1. The number of aryl methyl sites for hydroxylation is 3. The molecule has 6 nitrogen and oxygen atoms in total. The lowest BCUT2D eigenvalue weighted by atomic mass is 10.1. The molecule has 168 valence electrons. The molecule has 1 amide bonds. The Morgan fingerprint density at radius 1 is 0.912 bits per heavy atom. The van der Waals surface area contributed by atoms with Crippen molar-refractivity contribution in [1.82, 2.24) is 14.5 Å². The summed E-state index contributed by atoms with van der Waals surface area (Å²) in [5.74, 6) is 0.405. The van der Waals surface area contributed by atoms with E-state index < -0.39 is 0 Å². The molecule has 0 bridgehead atoms. The number of carbonyl (C=O) groups is 1. The topological polar surface area (TPSA) is 76.9 Å². The van der Waals surface area contributed by atoms with Crippen molar-refractivity contribution in [2.75, 3.05) is 5.32 Å². The molecule has 0 aliphatic rings. The second-order valence-corrected chi connectivity index (χ2v) is 9.07. The highest BCUT2D eigenvalue weighted by molar-refractivity contribution is 7.17. The van der Waals surface area contributed by atoms with Crippen molar-refractivity contribution in [3.8, 4) is 16.3 Å². The van der Waals surface area contributed by atoms with E-state index in [1.165, 1.54) is 11.3 Å². The van der Waals surface area contributed by atoms with E-state index in [0.717, 1.165) is 16.1 Å². The second-order valence-electron chi connectivity index (χ2n) is 8.07. The Balaban J connectivity index is 1.45. The first-order valence-electron chi connectivity index (χ1n) is 10.9. The van der Waals surface area contributed by atoms with Gasteiger partial charge in [0.15, 0.2) is 0 Å². The summed E-state index contributed by atoms with van der Waals surface area (Å²) in [6.45, 7) is 5.56. The number of aromatic nitrogens is 3. The Morgan fingerprint density at radius 2 is 1.65 bits per heavy atom. The molecule has 0 atom stereocenters. The smallest absolute Gasteiger partial charge is 0.267 e. The SMILES string of the molecule is Cc1cc(-n2c(C)nc3ccccc3c2=O)ccc1NC(=O)c1sc(-c2ccccc2)nc1C. The molecule has 0 saturated heterocycles. The van der Waals surface area contributed by atoms with Crippen LogP contribution in [0.4, 0.5) is 5.69 Å². The van der Waals surface area contributed by atoms with Crippen LogP contribution in [0.15, 0.2) is 77.6 Å². The van der Waals surface area contributed by atoms with Gasteiger partial charge in [-0.25, -0.2) is 9.97 Å². The van der Waals surface area contributed by atoms with E-state index in [4.69, 9.17) is 0 Å². The van der Waals surface area contributed by atoms with Gasteiger partial charge in [-0.05, 0) is 56.7 Å². The molecule has 0 aliphatic carbocycles. The normalized spacial score (nSPS) is 11.0. The van der Waals surface area contributed by atoms with Crippen molar-refractivity contribution in [2.45, 2.75) is 20.8 Å². The third kappa shape index (κ3) is 3.91. The lowest BCUT2D eigenvalue weighted by molar-refractivity contribution is 0.102. The molecule has 2 heterocycles. The van der Waals surface area contributed by atoms with Gasteiger partial charge in [0, 0.05) is 11.3 Å². The van der Waals surface area contributed by atoms with Crippen molar-refractivity contribution in [2.24, 2.45) is 0 Å². The van der Waals surface area contributed by atoms with Crippen LogP contribution in [0, 0.1) is 20.8 Å². The van der Waals surface area contributed by atoms with Gasteiger partial charge >= 0.3 is 0 Å². The summed E-state index contributed by atoms with van der Waals surface area (Å²) in [4.78, 5) is 35.9. The van der Waals surface area contributed by atoms with E-state index in [1.807, 2.05) is 87.5 Å². The first-order chi connectivity index (χ1) is 16.4. The van der Waals surface area contributed by atoms with Gasteiger partial charge in [0.05, 0.1) is 22.3 Å². The molecule has 0 fully saturated rings. The fourth-order valence-electron chi connectivity index (χ4n) is 3.97. The number of rotatable bonds is 4. The zero-order valence-electron chi connectivity index (χ0n) is 19.0. The van der Waals surface area contributed by atoms with Crippen LogP contribution in [0.5, 0.6) is 0 Å². The largest absolute Gasteiger partial charge is 0.321 e. The van der Waals surface area contributed by atoms with Crippen molar-refractivity contribution >= 4 is 33.8 Å². The van der Waals surface area contributed by atoms with E-state index in [2.05, 4.69) is 15.3 Å². The standard InChI is InChI=1S/C27H22N4O2S/c1-16-15-20(31-18(3)29-23-12-8-7-11-21(23)27(31)33)13-14-22(16)30-25(32)24-17(2)28-26(34-24)19-9-5-4-6-10-19/h4-15H,1-3H3,(H,30,32). The van der Waals surface area contributed by atoms with Crippen molar-refractivity contribution in [3.05, 3.63) is 105 Å². The summed E-state index contributed by atoms with van der Waals surface area (Å²) in [5, 5.41) is 4.38. The van der Waals surface area contributed by atoms with E-state index in [0.29, 0.717) is 38.7 Å². The average molecular weight is 467 g/mol. The maximum Gasteiger partial charge on any atom is 0.267 e. The molecule has 0 aliphatic heterocycles. The Labute approximate surface area is 200 Å². The number of hydrogen-bond donors (Lipinski definition) is 1. The number of benzene rings is 3. The number of hydrogen-bond acceptors (Lipinski definition) is 5. The van der Waals surface area contributed by atoms with Crippen molar-refractivity contribution in [1.29, 1.82) is 0 Å². The summed E-state index contributed by atoms with van der Waals surface area (Å²) >= 11 is 1.37. The van der Waals surface area contributed by atoms with Gasteiger partial charge in [-0.1, -0.05) is 42.5 Å². The summed E-state index contributed by atoms with van der Waals surface area (Å²) in [5.41, 5.74) is 4.47. The third-order valence-electron chi connectivity index (χ3n) is 5.68. The molecule has 0 saturated carbocycles. The molecule has 5 aromatic rings. The zero-order valence-corrected chi connectivity index (χ0v) is 19.8. The van der Waals surface area contributed by atoms with Crippen LogP contribution >= 0.6 is 11.3 Å². The molecule has 2 aromatic heterocycles. The maximum atomic E-state index is 13.1. The molecular weight excluding hydrogens is 444 g/mol. The number of anilines is 1. The van der Waals surface area contributed by atoms with Gasteiger partial charge in [0.1, 0.15) is 15.7 Å². The molecule has 5 rings (SSSR count). The Kier molecular flexibility index (Phi) is 5.55. The predicted molar refractivity (Wildman–Crippen MR) is 137 cm³/mol. The van der Waals surface area contributed by atoms with E-state index in [9.17, 15) is 9.59 Å². The van der Waals surface area contributed by atoms with Crippen LogP contribution in [-0.4, -0.2) is 20.4 Å². The average Bonchev–Trinajstić information content (AvgIpc) is 3.23. The van der Waals surface area contributed by atoms with Crippen molar-refractivity contribution in [3.63, 3.8) is 0 Å². The predicted octanol–water partition coefficient (Wildman–Crippen LogP) is 5.69. The van der Waals surface area contributed by atoms with Gasteiger partial charge < -0.3 is 5.32 Å². The quantitative estimate of drug-likeness (QED) is 0.369. The number of thiazole rings is 1. The van der Waals surface area contributed by atoms with Crippen LogP contribution in [0.1, 0.15) is 26.8 Å². The number of nitrogens with one attached hydrogen (secondary N) is 1. The fraction of sp³-hybridized carbons (Fsp3) is 0.111. The summed E-state index contributed by atoms with van der Waals surface area (Å²) in [6, 6.07) is 22.7. The number of para-hydroxylation sites is 1. The minimum Gasteiger partial charge on any atom is -0.321 e. The van der Waals surface area contributed by atoms with Crippen LogP contribution in [-0.2, 0) is 0 Å². The molecule has 0 radical (unpaired) electrons. The monoisotopic (exact) mass is 466 g/mol. The van der Waals surface area contributed by atoms with E-state index >= 15 is 0 Å². The molecule has 3 aromatic carbocycles. The van der Waals surface area contributed by atoms with Gasteiger partial charge in [-0.15, -0.1) is 11.3 Å². The summed E-state index contributed by atoms with van der Waals surface area (Å²) < 4.78 is 1.60. The van der Waals surface area contributed by atoms with Crippen LogP contribution in [0.25, 0.3) is 27.2 Å². The van der Waals surface area contributed by atoms with Crippen LogP contribution in [0.3, 0.4) is 0 Å². The number of fused-ring (bicyclic) bond motifs is 1. The van der Waals surface area contributed by atoms with Gasteiger partial charge in [0.25, 0.3) is 11.5 Å². The fourth-order valence-corrected chi connectivity index (χ4v) is 4.93. The Bertz CT molecular complexity index is 1600. The lowest BCUT2D eigenvalue weighted by Gasteiger charge is -2.14. The van der Waals surface area contributed by atoms with Crippen LogP contribution < -0.4 is 10.9 Å². The first kappa shape index (κ1) is 21.7. The van der Waals surface area contributed by atoms with E-state index in [1.54, 1.807) is 10.6 Å². The second kappa shape index (κ2) is 8.68. The van der Waals surface area contributed by atoms with Crippen molar-refractivity contribution < 1.29 is 4.79 Å². The molecular formula is C27H22N4O2S. The summed E-state index contributed by atoms with van der Waals surface area (Å²) in [7, 11) is 0. The zero-order chi connectivity index (χ0) is 23.8. The highest BCUT2D eigenvalue weighted by Gasteiger charge is 2.18. The minimum absolute atomic E-state index is 0.118. The molecule has 7 heteroatoms. The molecule has 34 heavy (non-hydrogen) atoms. The van der Waals surface area contributed by atoms with Gasteiger partial charge in [-0.2, -0.15) is 0 Å². The molecule has 0 spiro atoms.